The Labute approximate surface area is 77.5 Å². The topological polar surface area (TPSA) is 89.0 Å². The molecule has 5 heteroatoms. The Bertz CT molecular complexity index is 262. The summed E-state index contributed by atoms with van der Waals surface area (Å²) < 4.78 is 0. The molecule has 0 saturated carbocycles. The smallest absolute Gasteiger partial charge is 0.0549 e. The summed E-state index contributed by atoms with van der Waals surface area (Å²) in [4.78, 5) is 3.92. The molecule has 0 spiro atoms. The number of anilines is 1. The molecule has 13 heavy (non-hydrogen) atoms. The van der Waals surface area contributed by atoms with Gasteiger partial charge >= 0.3 is 0 Å². The van der Waals surface area contributed by atoms with Crippen LogP contribution >= 0.6 is 0 Å². The summed E-state index contributed by atoms with van der Waals surface area (Å²) in [6.45, 7) is 0.630. The zero-order chi connectivity index (χ0) is 9.68. The number of likely N-dealkylation sites (N-methyl/N-ethyl adjacent to an activating group) is 1. The first-order valence-electron chi connectivity index (χ1n) is 4.09. The summed E-state index contributed by atoms with van der Waals surface area (Å²) in [5.41, 5.74) is 10.0. The zero-order valence-corrected chi connectivity index (χ0v) is 7.62. The second kappa shape index (κ2) is 4.76. The van der Waals surface area contributed by atoms with Crippen molar-refractivity contribution in [3.8, 4) is 0 Å². The number of nitrogen functional groups attached to an aromatic ring is 1. The number of hydrogen-bond donors (Lipinski definition) is 4. The lowest BCUT2D eigenvalue weighted by atomic mass is 10.1. The lowest BCUT2D eigenvalue weighted by Gasteiger charge is -2.17. The summed E-state index contributed by atoms with van der Waals surface area (Å²) in [7, 11) is 1.86. The Morgan fingerprint density at radius 2 is 2.38 bits per heavy atom. The number of nitrogens with zero attached hydrogens (tertiary/aromatic N) is 1. The molecule has 1 aromatic rings. The van der Waals surface area contributed by atoms with Crippen LogP contribution in [0.4, 0.5) is 5.69 Å². The van der Waals surface area contributed by atoms with E-state index in [4.69, 9.17) is 11.6 Å². The van der Waals surface area contributed by atoms with Crippen LogP contribution in [-0.2, 0) is 0 Å². The molecule has 0 bridgehead atoms. The van der Waals surface area contributed by atoms with Crippen molar-refractivity contribution in [2.24, 2.45) is 5.84 Å². The van der Waals surface area contributed by atoms with Crippen molar-refractivity contribution in [1.29, 1.82) is 0 Å². The molecule has 0 radical (unpaired) electrons. The van der Waals surface area contributed by atoms with E-state index in [9.17, 15) is 0 Å². The van der Waals surface area contributed by atoms with Crippen molar-refractivity contribution in [2.75, 3.05) is 19.3 Å². The lowest BCUT2D eigenvalue weighted by Crippen LogP contribution is -2.33. The average molecular weight is 181 g/mol. The van der Waals surface area contributed by atoms with Gasteiger partial charge in [-0.1, -0.05) is 0 Å². The first-order chi connectivity index (χ1) is 6.29. The van der Waals surface area contributed by atoms with Crippen LogP contribution < -0.4 is 22.3 Å². The molecule has 1 heterocycles. The molecular formula is C8H15N5. The van der Waals surface area contributed by atoms with Gasteiger partial charge in [0, 0.05) is 18.8 Å². The van der Waals surface area contributed by atoms with Crippen molar-refractivity contribution in [1.82, 2.24) is 15.7 Å². The highest BCUT2D eigenvalue weighted by Crippen LogP contribution is 2.17. The third-order valence-corrected chi connectivity index (χ3v) is 1.93. The maximum absolute atomic E-state index is 5.76. The minimum Gasteiger partial charge on any atom is -0.397 e. The fourth-order valence-corrected chi connectivity index (χ4v) is 1.22. The third kappa shape index (κ3) is 2.38. The lowest BCUT2D eigenvalue weighted by molar-refractivity contribution is 0.540. The molecule has 1 aromatic heterocycles. The van der Waals surface area contributed by atoms with Gasteiger partial charge in [0.2, 0.25) is 0 Å². The van der Waals surface area contributed by atoms with E-state index < -0.39 is 0 Å². The molecule has 72 valence electrons. The Morgan fingerprint density at radius 1 is 1.62 bits per heavy atom. The van der Waals surface area contributed by atoms with Gasteiger partial charge in [-0.25, -0.2) is 0 Å². The van der Waals surface area contributed by atoms with Crippen LogP contribution in [-0.4, -0.2) is 18.6 Å². The molecule has 6 N–H and O–H groups in total. The molecule has 0 aliphatic heterocycles. The van der Waals surface area contributed by atoms with Gasteiger partial charge in [-0.15, -0.1) is 0 Å². The maximum atomic E-state index is 5.76. The molecule has 1 atom stereocenters. The van der Waals surface area contributed by atoms with Gasteiger partial charge in [0.05, 0.1) is 11.9 Å². The molecule has 0 aromatic carbocycles. The number of pyridine rings is 1. The number of nitrogens with one attached hydrogen (secondary N) is 2. The molecular weight excluding hydrogens is 166 g/mol. The molecule has 0 fully saturated rings. The van der Waals surface area contributed by atoms with Gasteiger partial charge in [-0.05, 0) is 18.7 Å². The fraction of sp³-hybridized carbons (Fsp3) is 0.375. The Hall–Kier alpha value is -1.17. The quantitative estimate of drug-likeness (QED) is 0.367. The number of hydrazine groups is 1. The van der Waals surface area contributed by atoms with Crippen LogP contribution in [0.1, 0.15) is 11.6 Å². The van der Waals surface area contributed by atoms with Crippen molar-refractivity contribution >= 4 is 5.69 Å². The molecule has 1 rings (SSSR count). The molecule has 0 saturated heterocycles. The van der Waals surface area contributed by atoms with Crippen LogP contribution in [0.25, 0.3) is 0 Å². The summed E-state index contributed by atoms with van der Waals surface area (Å²) in [6, 6.07) is 2.00. The van der Waals surface area contributed by atoms with Gasteiger partial charge in [0.25, 0.3) is 0 Å². The van der Waals surface area contributed by atoms with E-state index in [1.54, 1.807) is 12.4 Å². The number of hydrogen-bond acceptors (Lipinski definition) is 5. The van der Waals surface area contributed by atoms with E-state index in [1.165, 1.54) is 0 Å². The normalized spacial score (nSPS) is 12.8. The van der Waals surface area contributed by atoms with E-state index in [0.29, 0.717) is 12.2 Å². The zero-order valence-electron chi connectivity index (χ0n) is 7.62. The number of rotatable bonds is 4. The number of aromatic nitrogens is 1. The predicted octanol–water partition coefficient (Wildman–Crippen LogP) is -0.612. The van der Waals surface area contributed by atoms with Gasteiger partial charge in [0.15, 0.2) is 0 Å². The summed E-state index contributed by atoms with van der Waals surface area (Å²) in [6.07, 6.45) is 3.35. The summed E-state index contributed by atoms with van der Waals surface area (Å²) in [5, 5.41) is 3.11. The monoisotopic (exact) mass is 181 g/mol. The van der Waals surface area contributed by atoms with Gasteiger partial charge < -0.3 is 11.1 Å². The van der Waals surface area contributed by atoms with Crippen LogP contribution in [0.15, 0.2) is 18.5 Å². The van der Waals surface area contributed by atoms with Gasteiger partial charge in [-0.2, -0.15) is 0 Å². The van der Waals surface area contributed by atoms with Crippen LogP contribution in [0.3, 0.4) is 0 Å². The molecule has 0 amide bonds. The Balaban J connectivity index is 2.84. The van der Waals surface area contributed by atoms with Crippen molar-refractivity contribution in [2.45, 2.75) is 6.04 Å². The van der Waals surface area contributed by atoms with E-state index >= 15 is 0 Å². The average Bonchev–Trinajstić information content (AvgIpc) is 2.16. The minimum atomic E-state index is 0.119. The second-order valence-electron chi connectivity index (χ2n) is 2.75. The molecule has 5 nitrogen and oxygen atoms in total. The minimum absolute atomic E-state index is 0.119. The highest BCUT2D eigenvalue weighted by molar-refractivity contribution is 5.45. The van der Waals surface area contributed by atoms with Crippen molar-refractivity contribution < 1.29 is 0 Å². The van der Waals surface area contributed by atoms with E-state index in [-0.39, 0.29) is 6.04 Å². The first-order valence-corrected chi connectivity index (χ1v) is 4.09. The predicted molar refractivity (Wildman–Crippen MR) is 52.6 cm³/mol. The highest BCUT2D eigenvalue weighted by Gasteiger charge is 2.10. The molecule has 0 aliphatic rings. The standard InChI is InChI=1S/C8H15N5/c1-11-8(5-13-10)6-2-3-12-4-7(6)9/h2-4,8,11,13H,5,9-10H2,1H3. The van der Waals surface area contributed by atoms with Gasteiger partial charge in [-0.3, -0.25) is 16.3 Å². The summed E-state index contributed by atoms with van der Waals surface area (Å²) in [5.74, 6) is 5.25. The fourth-order valence-electron chi connectivity index (χ4n) is 1.22. The largest absolute Gasteiger partial charge is 0.397 e. The number of nitrogens with two attached hydrogens (primary N) is 2. The first kappa shape index (κ1) is 9.91. The van der Waals surface area contributed by atoms with E-state index in [2.05, 4.69) is 15.7 Å². The SMILES string of the molecule is CNC(CNN)c1ccncc1N. The Morgan fingerprint density at radius 3 is 2.92 bits per heavy atom. The summed E-state index contributed by atoms with van der Waals surface area (Å²) >= 11 is 0. The van der Waals surface area contributed by atoms with Gasteiger partial charge in [0.1, 0.15) is 0 Å². The van der Waals surface area contributed by atoms with Crippen LogP contribution in [0.5, 0.6) is 0 Å². The molecule has 1 unspecified atom stereocenters. The third-order valence-electron chi connectivity index (χ3n) is 1.93. The Kier molecular flexibility index (Phi) is 3.63. The van der Waals surface area contributed by atoms with E-state index in [1.807, 2.05) is 13.1 Å². The van der Waals surface area contributed by atoms with Crippen LogP contribution in [0, 0.1) is 0 Å². The highest BCUT2D eigenvalue weighted by atomic mass is 15.2. The second-order valence-corrected chi connectivity index (χ2v) is 2.75. The molecule has 0 aliphatic carbocycles. The van der Waals surface area contributed by atoms with E-state index in [0.717, 1.165) is 5.56 Å². The van der Waals surface area contributed by atoms with Crippen molar-refractivity contribution in [3.63, 3.8) is 0 Å². The van der Waals surface area contributed by atoms with Crippen LogP contribution in [0.2, 0.25) is 0 Å². The van der Waals surface area contributed by atoms with Crippen molar-refractivity contribution in [3.05, 3.63) is 24.0 Å². The maximum Gasteiger partial charge on any atom is 0.0549 e.